The van der Waals surface area contributed by atoms with Crippen LogP contribution >= 0.6 is 0 Å². The summed E-state index contributed by atoms with van der Waals surface area (Å²) in [5, 5.41) is 9.07. The van der Waals surface area contributed by atoms with E-state index in [9.17, 15) is 9.59 Å². The number of hydrogen-bond acceptors (Lipinski definition) is 6. The number of likely N-dealkylation sites (tertiary alicyclic amines) is 1. The first-order chi connectivity index (χ1) is 14.9. The Labute approximate surface area is 184 Å². The van der Waals surface area contributed by atoms with Gasteiger partial charge in [0.1, 0.15) is 11.5 Å². The van der Waals surface area contributed by atoms with Gasteiger partial charge in [0, 0.05) is 63.8 Å². The van der Waals surface area contributed by atoms with Crippen LogP contribution in [0.2, 0.25) is 0 Å². The highest BCUT2D eigenvalue weighted by Crippen LogP contribution is 2.21. The van der Waals surface area contributed by atoms with Crippen molar-refractivity contribution in [2.75, 3.05) is 44.4 Å². The van der Waals surface area contributed by atoms with Crippen molar-refractivity contribution in [1.29, 1.82) is 0 Å². The van der Waals surface area contributed by atoms with Gasteiger partial charge in [0.2, 0.25) is 5.91 Å². The van der Waals surface area contributed by atoms with Gasteiger partial charge in [-0.25, -0.2) is 4.98 Å². The topological polar surface area (TPSA) is 102 Å². The molecule has 2 aromatic heterocycles. The molecular formula is C23H34N6O2. The fourth-order valence-electron chi connectivity index (χ4n) is 3.09. The lowest BCUT2D eigenvalue weighted by Gasteiger charge is -2.11. The van der Waals surface area contributed by atoms with E-state index in [1.54, 1.807) is 25.5 Å². The van der Waals surface area contributed by atoms with Gasteiger partial charge >= 0.3 is 0 Å². The van der Waals surface area contributed by atoms with Gasteiger partial charge in [-0.05, 0) is 36.6 Å². The lowest BCUT2D eigenvalue weighted by molar-refractivity contribution is -0.125. The molecule has 4 N–H and O–H groups in total. The van der Waals surface area contributed by atoms with Gasteiger partial charge in [0.25, 0.3) is 5.56 Å². The third kappa shape index (κ3) is 7.90. The molecule has 168 valence electrons. The van der Waals surface area contributed by atoms with Crippen molar-refractivity contribution >= 4 is 17.4 Å². The number of hydrogen-bond donors (Lipinski definition) is 4. The second kappa shape index (κ2) is 12.5. The van der Waals surface area contributed by atoms with Crippen LogP contribution < -0.4 is 21.5 Å². The number of nitrogens with one attached hydrogen (secondary N) is 4. The van der Waals surface area contributed by atoms with Crippen LogP contribution in [0.5, 0.6) is 0 Å². The maximum atomic E-state index is 11.5. The predicted molar refractivity (Wildman–Crippen MR) is 127 cm³/mol. The van der Waals surface area contributed by atoms with Gasteiger partial charge in [-0.3, -0.25) is 9.59 Å². The van der Waals surface area contributed by atoms with Crippen LogP contribution in [0.25, 0.3) is 11.1 Å². The number of aromatic amines is 1. The van der Waals surface area contributed by atoms with Gasteiger partial charge in [0.05, 0.1) is 0 Å². The van der Waals surface area contributed by atoms with Crippen LogP contribution in [0.4, 0.5) is 11.5 Å². The molecule has 0 aliphatic carbocycles. The van der Waals surface area contributed by atoms with Gasteiger partial charge in [-0.1, -0.05) is 19.9 Å². The van der Waals surface area contributed by atoms with Crippen molar-refractivity contribution in [2.45, 2.75) is 32.7 Å². The van der Waals surface area contributed by atoms with Crippen LogP contribution in [0.15, 0.2) is 47.5 Å². The zero-order valence-electron chi connectivity index (χ0n) is 18.9. The van der Waals surface area contributed by atoms with Crippen molar-refractivity contribution in [3.8, 4) is 11.1 Å². The molecule has 3 rings (SSSR count). The van der Waals surface area contributed by atoms with Crippen LogP contribution in [0.1, 0.15) is 26.7 Å². The molecule has 8 nitrogen and oxygen atoms in total. The average molecular weight is 427 g/mol. The SMILES string of the molecule is CC(C)NC/C=C/C(=O)N1CCCC1.CNc1cc(-c2c[nH]c(=O)c(NC)c2)ccn1. The number of H-pyrrole nitrogens is 1. The molecule has 1 aliphatic heterocycles. The van der Waals surface area contributed by atoms with E-state index < -0.39 is 0 Å². The smallest absolute Gasteiger partial charge is 0.271 e. The van der Waals surface area contributed by atoms with E-state index in [1.807, 2.05) is 36.2 Å². The summed E-state index contributed by atoms with van der Waals surface area (Å²) in [6.07, 6.45) is 9.32. The number of carbonyl (C=O) groups is 1. The Morgan fingerprint density at radius 3 is 2.58 bits per heavy atom. The number of rotatable bonds is 7. The van der Waals surface area contributed by atoms with Crippen LogP contribution in [0, 0.1) is 0 Å². The van der Waals surface area contributed by atoms with Crippen molar-refractivity contribution in [2.24, 2.45) is 0 Å². The molecule has 0 bridgehead atoms. The van der Waals surface area contributed by atoms with Gasteiger partial charge in [-0.15, -0.1) is 0 Å². The van der Waals surface area contributed by atoms with E-state index in [2.05, 4.69) is 39.8 Å². The number of amides is 1. The summed E-state index contributed by atoms with van der Waals surface area (Å²) in [6, 6.07) is 6.11. The highest BCUT2D eigenvalue weighted by molar-refractivity contribution is 5.87. The number of carbonyl (C=O) groups excluding carboxylic acids is 1. The molecule has 31 heavy (non-hydrogen) atoms. The Hall–Kier alpha value is -3.13. The minimum absolute atomic E-state index is 0.126. The van der Waals surface area contributed by atoms with Gasteiger partial charge in [-0.2, -0.15) is 0 Å². The minimum Gasteiger partial charge on any atom is -0.384 e. The van der Waals surface area contributed by atoms with E-state index in [1.165, 1.54) is 0 Å². The standard InChI is InChI=1S/C12H14N4O.C11H20N2O/c1-13-10-5-9(7-16-12(10)17)8-3-4-15-11(6-8)14-2;1-10(2)12-7-5-6-11(14)13-8-3-4-9-13/h3-7,13H,1-2H3,(H,14,15)(H,16,17);5-6,10,12H,3-4,7-9H2,1-2H3/b;6-5+. The maximum Gasteiger partial charge on any atom is 0.271 e. The van der Waals surface area contributed by atoms with Crippen molar-refractivity contribution in [3.63, 3.8) is 0 Å². The monoisotopic (exact) mass is 426 g/mol. The molecular weight excluding hydrogens is 392 g/mol. The summed E-state index contributed by atoms with van der Waals surface area (Å²) in [5.41, 5.74) is 2.36. The van der Waals surface area contributed by atoms with Crippen molar-refractivity contribution in [3.05, 3.63) is 53.1 Å². The molecule has 2 aromatic rings. The summed E-state index contributed by atoms with van der Waals surface area (Å²) < 4.78 is 0. The normalized spacial score (nSPS) is 13.3. The molecule has 0 unspecified atom stereocenters. The predicted octanol–water partition coefficient (Wildman–Crippen LogP) is 2.68. The lowest BCUT2D eigenvalue weighted by atomic mass is 10.1. The van der Waals surface area contributed by atoms with E-state index in [0.717, 1.165) is 49.4 Å². The number of nitrogens with zero attached hydrogens (tertiary/aromatic N) is 2. The Morgan fingerprint density at radius 1 is 1.19 bits per heavy atom. The van der Waals surface area contributed by atoms with E-state index in [-0.39, 0.29) is 11.5 Å². The summed E-state index contributed by atoms with van der Waals surface area (Å²) in [5.74, 6) is 0.952. The summed E-state index contributed by atoms with van der Waals surface area (Å²) >= 11 is 0. The summed E-state index contributed by atoms with van der Waals surface area (Å²) in [6.45, 7) is 6.82. The Bertz CT molecular complexity index is 916. The first kappa shape index (κ1) is 24.1. The molecule has 1 fully saturated rings. The Morgan fingerprint density at radius 2 is 1.94 bits per heavy atom. The zero-order chi connectivity index (χ0) is 22.6. The fourth-order valence-corrected chi connectivity index (χ4v) is 3.09. The van der Waals surface area contributed by atoms with Crippen molar-refractivity contribution < 1.29 is 4.79 Å². The highest BCUT2D eigenvalue weighted by atomic mass is 16.2. The second-order valence-electron chi connectivity index (χ2n) is 7.56. The maximum absolute atomic E-state index is 11.5. The highest BCUT2D eigenvalue weighted by Gasteiger charge is 2.14. The molecule has 0 atom stereocenters. The average Bonchev–Trinajstić information content (AvgIpc) is 3.32. The third-order valence-corrected chi connectivity index (χ3v) is 4.84. The number of aromatic nitrogens is 2. The minimum atomic E-state index is -0.126. The van der Waals surface area contributed by atoms with E-state index in [0.29, 0.717) is 11.7 Å². The zero-order valence-corrected chi connectivity index (χ0v) is 18.9. The van der Waals surface area contributed by atoms with Crippen LogP contribution in [-0.4, -0.2) is 60.5 Å². The Kier molecular flexibility index (Phi) is 9.77. The van der Waals surface area contributed by atoms with E-state index >= 15 is 0 Å². The number of anilines is 2. The fraction of sp³-hybridized carbons (Fsp3) is 0.435. The summed E-state index contributed by atoms with van der Waals surface area (Å²) in [7, 11) is 3.54. The first-order valence-corrected chi connectivity index (χ1v) is 10.7. The van der Waals surface area contributed by atoms with Crippen LogP contribution in [0.3, 0.4) is 0 Å². The first-order valence-electron chi connectivity index (χ1n) is 10.7. The van der Waals surface area contributed by atoms with Crippen LogP contribution in [-0.2, 0) is 4.79 Å². The molecule has 8 heteroatoms. The molecule has 1 aliphatic rings. The third-order valence-electron chi connectivity index (χ3n) is 4.84. The Balaban J connectivity index is 0.000000225. The van der Waals surface area contributed by atoms with E-state index in [4.69, 9.17) is 0 Å². The summed E-state index contributed by atoms with van der Waals surface area (Å²) in [4.78, 5) is 31.7. The molecule has 3 heterocycles. The quantitative estimate of drug-likeness (QED) is 0.508. The van der Waals surface area contributed by atoms with Gasteiger partial charge in [0.15, 0.2) is 0 Å². The molecule has 1 saturated heterocycles. The lowest BCUT2D eigenvalue weighted by Crippen LogP contribution is -2.26. The molecule has 0 aromatic carbocycles. The largest absolute Gasteiger partial charge is 0.384 e. The van der Waals surface area contributed by atoms with Crippen molar-refractivity contribution in [1.82, 2.24) is 20.2 Å². The van der Waals surface area contributed by atoms with Gasteiger partial charge < -0.3 is 25.8 Å². The second-order valence-corrected chi connectivity index (χ2v) is 7.56. The molecule has 1 amide bonds. The molecule has 0 spiro atoms. The molecule has 0 saturated carbocycles. The number of pyridine rings is 2. The molecule has 0 radical (unpaired) electrons.